The summed E-state index contributed by atoms with van der Waals surface area (Å²) in [5.41, 5.74) is 4.63. The Morgan fingerprint density at radius 2 is 1.46 bits per heavy atom. The molecule has 0 radical (unpaired) electrons. The van der Waals surface area contributed by atoms with Crippen molar-refractivity contribution in [2.75, 3.05) is 0 Å². The first kappa shape index (κ1) is 18.3. The summed E-state index contributed by atoms with van der Waals surface area (Å²) in [6.07, 6.45) is 9.68. The molecule has 0 unspecified atom stereocenters. The highest BCUT2D eigenvalue weighted by atomic mass is 16.3. The first-order chi connectivity index (χ1) is 11.4. The van der Waals surface area contributed by atoms with E-state index >= 15 is 0 Å². The van der Waals surface area contributed by atoms with Crippen LogP contribution in [0.5, 0.6) is 11.5 Å². The fourth-order valence-corrected chi connectivity index (χ4v) is 3.02. The molecule has 0 saturated carbocycles. The van der Waals surface area contributed by atoms with E-state index in [0.29, 0.717) is 17.5 Å². The second-order valence-corrected chi connectivity index (χ2v) is 6.85. The third-order valence-corrected chi connectivity index (χ3v) is 4.52. The van der Waals surface area contributed by atoms with Crippen LogP contribution < -0.4 is 0 Å². The van der Waals surface area contributed by atoms with Crippen molar-refractivity contribution in [3.8, 4) is 11.5 Å². The summed E-state index contributed by atoms with van der Waals surface area (Å²) in [5.74, 6) is 0.138. The van der Waals surface area contributed by atoms with Crippen molar-refractivity contribution in [1.82, 2.24) is 0 Å². The van der Waals surface area contributed by atoms with Gasteiger partial charge in [-0.15, -0.1) is 0 Å². The van der Waals surface area contributed by atoms with Gasteiger partial charge in [0.1, 0.15) is 17.6 Å². The highest BCUT2D eigenvalue weighted by Crippen LogP contribution is 2.34. The van der Waals surface area contributed by atoms with Gasteiger partial charge in [0.05, 0.1) is 0 Å². The summed E-state index contributed by atoms with van der Waals surface area (Å²) in [4.78, 5) is 0. The van der Waals surface area contributed by atoms with Crippen molar-refractivity contribution in [2.45, 2.75) is 59.0 Å². The minimum Gasteiger partial charge on any atom is -0.508 e. The minimum atomic E-state index is -0.917. The lowest BCUT2D eigenvalue weighted by Gasteiger charge is -2.14. The largest absolute Gasteiger partial charge is 0.508 e. The molecule has 130 valence electrons. The van der Waals surface area contributed by atoms with E-state index in [1.54, 1.807) is 12.1 Å². The van der Waals surface area contributed by atoms with Crippen LogP contribution in [0.1, 0.15) is 63.7 Å². The first-order valence-corrected chi connectivity index (χ1v) is 8.58. The van der Waals surface area contributed by atoms with E-state index in [1.807, 2.05) is 13.8 Å². The zero-order valence-electron chi connectivity index (χ0n) is 14.8. The van der Waals surface area contributed by atoms with Crippen molar-refractivity contribution in [3.63, 3.8) is 0 Å². The number of fused-ring (bicyclic) bond motifs is 10. The molecule has 0 aromatic heterocycles. The second-order valence-electron chi connectivity index (χ2n) is 6.85. The van der Waals surface area contributed by atoms with Gasteiger partial charge in [-0.25, -0.2) is 0 Å². The number of rotatable bonds is 0. The topological polar surface area (TPSA) is 60.7 Å². The molecule has 0 aliphatic heterocycles. The molecule has 0 saturated heterocycles. The maximum absolute atomic E-state index is 10.4. The van der Waals surface area contributed by atoms with E-state index < -0.39 is 6.10 Å². The van der Waals surface area contributed by atoms with Gasteiger partial charge in [0, 0.05) is 11.1 Å². The lowest BCUT2D eigenvalue weighted by atomic mass is 9.97. The van der Waals surface area contributed by atoms with Gasteiger partial charge in [-0.1, -0.05) is 34.9 Å². The van der Waals surface area contributed by atoms with Gasteiger partial charge >= 0.3 is 0 Å². The molecule has 2 bridgehead atoms. The fraction of sp³-hybridized carbons (Fsp3) is 0.429. The van der Waals surface area contributed by atoms with E-state index in [4.69, 9.17) is 0 Å². The molecule has 3 heteroatoms. The summed E-state index contributed by atoms with van der Waals surface area (Å²) in [7, 11) is 0. The van der Waals surface area contributed by atoms with E-state index in [9.17, 15) is 15.3 Å². The molecule has 24 heavy (non-hydrogen) atoms. The van der Waals surface area contributed by atoms with Crippen LogP contribution in [0.4, 0.5) is 0 Å². The maximum Gasteiger partial charge on any atom is 0.122 e. The normalized spacial score (nSPS) is 26.8. The molecule has 1 atom stereocenters. The molecule has 1 aromatic carbocycles. The molecule has 3 N–H and O–H groups in total. The van der Waals surface area contributed by atoms with Crippen molar-refractivity contribution < 1.29 is 15.3 Å². The lowest BCUT2D eigenvalue weighted by molar-refractivity contribution is 0.222. The molecular formula is C21H28O3. The van der Waals surface area contributed by atoms with Crippen molar-refractivity contribution in [3.05, 3.63) is 58.2 Å². The third kappa shape index (κ3) is 5.00. The number of hydrogen-bond donors (Lipinski definition) is 3. The molecule has 0 spiro atoms. The van der Waals surface area contributed by atoms with Crippen molar-refractivity contribution >= 4 is 0 Å². The average molecular weight is 328 g/mol. The fourth-order valence-electron chi connectivity index (χ4n) is 3.02. The number of phenolic OH excluding ortho intramolecular Hbond substituents is 2. The quantitative estimate of drug-likeness (QED) is 0.459. The molecule has 0 heterocycles. The van der Waals surface area contributed by atoms with Crippen molar-refractivity contribution in [2.24, 2.45) is 0 Å². The summed E-state index contributed by atoms with van der Waals surface area (Å²) in [5, 5.41) is 30.8. The summed E-state index contributed by atoms with van der Waals surface area (Å²) in [6.45, 7) is 6.17. The van der Waals surface area contributed by atoms with Gasteiger partial charge in [-0.2, -0.15) is 0 Å². The number of allylic oxidation sites excluding steroid dienone is 5. The highest BCUT2D eigenvalue weighted by molar-refractivity contribution is 5.48. The Balaban J connectivity index is 2.40. The summed E-state index contributed by atoms with van der Waals surface area (Å²) >= 11 is 0. The van der Waals surface area contributed by atoms with Crippen molar-refractivity contribution in [1.29, 1.82) is 0 Å². The Labute approximate surface area is 144 Å². The molecule has 0 amide bonds. The van der Waals surface area contributed by atoms with Crippen LogP contribution in [0.25, 0.3) is 0 Å². The van der Waals surface area contributed by atoms with Gasteiger partial charge in [-0.3, -0.25) is 0 Å². The van der Waals surface area contributed by atoms with Crippen LogP contribution in [0, 0.1) is 0 Å². The maximum atomic E-state index is 10.4. The molecule has 0 fully saturated rings. The summed E-state index contributed by atoms with van der Waals surface area (Å²) < 4.78 is 0. The third-order valence-electron chi connectivity index (χ3n) is 4.52. The number of aromatic hydroxyl groups is 2. The predicted octanol–water partition coefficient (Wildman–Crippen LogP) is 5.09. The number of phenols is 2. The van der Waals surface area contributed by atoms with Crippen LogP contribution in [-0.2, 0) is 6.42 Å². The molecule has 3 nitrogen and oxygen atoms in total. The Kier molecular flexibility index (Phi) is 6.27. The standard InChI is InChI=1S/C21H28O3/c1-14-6-4-8-15(2)10-17-12-21(24)18(13-19(17)22)20(23)11-16(3)9-5-7-14/h7-8,11-13,20,22-24H,4-6,9-10H2,1-3H3/b14-7-,15-8+,16-11+/t20-/m1/s1. The highest BCUT2D eigenvalue weighted by Gasteiger charge is 2.15. The first-order valence-electron chi connectivity index (χ1n) is 8.58. The average Bonchev–Trinajstić information content (AvgIpc) is 2.49. The van der Waals surface area contributed by atoms with Crippen LogP contribution in [-0.4, -0.2) is 15.3 Å². The number of benzene rings is 1. The van der Waals surface area contributed by atoms with Gasteiger partial charge < -0.3 is 15.3 Å². The van der Waals surface area contributed by atoms with E-state index in [1.165, 1.54) is 11.6 Å². The summed E-state index contributed by atoms with van der Waals surface area (Å²) in [6, 6.07) is 3.04. The van der Waals surface area contributed by atoms with E-state index in [0.717, 1.165) is 36.8 Å². The zero-order valence-corrected chi connectivity index (χ0v) is 14.8. The molecule has 2 aliphatic rings. The SMILES string of the molecule is C/C1=C/CC/C(C)=C/[C@@H](O)c2cc(O)c(cc2O)C/C(C)=C/CC1. The molecule has 1 aromatic rings. The molecule has 2 aliphatic carbocycles. The Bertz CT molecular complexity index is 681. The van der Waals surface area contributed by atoms with Crippen LogP contribution in [0.15, 0.2) is 47.1 Å². The lowest BCUT2D eigenvalue weighted by Crippen LogP contribution is -1.98. The van der Waals surface area contributed by atoms with Gasteiger partial charge in [0.15, 0.2) is 0 Å². The second kappa shape index (κ2) is 8.20. The number of aliphatic hydroxyl groups is 1. The van der Waals surface area contributed by atoms with Crippen LogP contribution >= 0.6 is 0 Å². The van der Waals surface area contributed by atoms with Gasteiger partial charge in [0.25, 0.3) is 0 Å². The zero-order chi connectivity index (χ0) is 17.7. The Morgan fingerprint density at radius 3 is 2.17 bits per heavy atom. The Morgan fingerprint density at radius 1 is 0.833 bits per heavy atom. The molecular weight excluding hydrogens is 300 g/mol. The van der Waals surface area contributed by atoms with Gasteiger partial charge in [0.2, 0.25) is 0 Å². The minimum absolute atomic E-state index is 0.0231. The van der Waals surface area contributed by atoms with Crippen LogP contribution in [0.3, 0.4) is 0 Å². The molecule has 3 rings (SSSR count). The van der Waals surface area contributed by atoms with Crippen LogP contribution in [0.2, 0.25) is 0 Å². The number of aliphatic hydroxyl groups excluding tert-OH is 1. The smallest absolute Gasteiger partial charge is 0.122 e. The predicted molar refractivity (Wildman–Crippen MR) is 98.2 cm³/mol. The Hall–Kier alpha value is -2.00. The van der Waals surface area contributed by atoms with E-state index in [2.05, 4.69) is 19.1 Å². The monoisotopic (exact) mass is 328 g/mol. The van der Waals surface area contributed by atoms with Gasteiger partial charge in [-0.05, 0) is 65.0 Å². The van der Waals surface area contributed by atoms with E-state index in [-0.39, 0.29) is 11.5 Å². The number of hydrogen-bond acceptors (Lipinski definition) is 3.